The highest BCUT2D eigenvalue weighted by atomic mass is 28.4. The van der Waals surface area contributed by atoms with Crippen molar-refractivity contribution in [1.29, 1.82) is 0 Å². The Bertz CT molecular complexity index is 1170. The molecule has 9 nitrogen and oxygen atoms in total. The molecule has 2 aliphatic rings. The van der Waals surface area contributed by atoms with Gasteiger partial charge in [-0.15, -0.1) is 0 Å². The molecule has 0 unspecified atom stereocenters. The van der Waals surface area contributed by atoms with Crippen LogP contribution in [0.25, 0.3) is 6.08 Å². The fourth-order valence-corrected chi connectivity index (χ4v) is 6.48. The van der Waals surface area contributed by atoms with Gasteiger partial charge in [0, 0.05) is 12.5 Å². The molecule has 0 aliphatic carbocycles. The van der Waals surface area contributed by atoms with Gasteiger partial charge in [0.05, 0.1) is 31.1 Å². The van der Waals surface area contributed by atoms with Crippen molar-refractivity contribution in [2.45, 2.75) is 102 Å². The highest BCUT2D eigenvalue weighted by Crippen LogP contribution is 2.49. The lowest BCUT2D eigenvalue weighted by atomic mass is 9.99. The summed E-state index contributed by atoms with van der Waals surface area (Å²) in [5.41, 5.74) is -2.20. The number of aromatic nitrogens is 2. The van der Waals surface area contributed by atoms with Crippen LogP contribution in [0, 0.1) is 0 Å². The van der Waals surface area contributed by atoms with Crippen LogP contribution in [0.15, 0.2) is 21.2 Å². The van der Waals surface area contributed by atoms with Crippen LogP contribution in [0.5, 0.6) is 0 Å². The minimum atomic E-state index is -2.27. The van der Waals surface area contributed by atoms with Gasteiger partial charge in [-0.3, -0.25) is 14.3 Å². The lowest BCUT2D eigenvalue weighted by Crippen LogP contribution is -2.48. The largest absolute Gasteiger partial charge is 0.466 e. The Balaban J connectivity index is 2.11. The van der Waals surface area contributed by atoms with E-state index in [1.54, 1.807) is 0 Å². The van der Waals surface area contributed by atoms with E-state index in [0.717, 1.165) is 0 Å². The molecule has 36 heavy (non-hydrogen) atoms. The van der Waals surface area contributed by atoms with Gasteiger partial charge in [-0.1, -0.05) is 41.5 Å². The first-order chi connectivity index (χ1) is 16.3. The van der Waals surface area contributed by atoms with Crippen LogP contribution in [0.2, 0.25) is 36.3 Å². The molecule has 2 aliphatic heterocycles. The van der Waals surface area contributed by atoms with Gasteiger partial charge in [-0.2, -0.15) is 0 Å². The Labute approximate surface area is 215 Å². The molecular formula is C25H42N2O7Si2. The number of hydrogen-bond donors (Lipinski definition) is 1. The molecular weight excluding hydrogens is 496 g/mol. The summed E-state index contributed by atoms with van der Waals surface area (Å²) in [5, 5.41) is -0.0726. The first kappa shape index (κ1) is 28.8. The van der Waals surface area contributed by atoms with Crippen LogP contribution < -0.4 is 11.2 Å². The van der Waals surface area contributed by atoms with Crippen molar-refractivity contribution in [2.24, 2.45) is 0 Å². The smallest absolute Gasteiger partial charge is 0.338 e. The van der Waals surface area contributed by atoms with Crippen molar-refractivity contribution in [3.8, 4) is 0 Å². The van der Waals surface area contributed by atoms with E-state index in [1.165, 1.54) is 23.8 Å². The molecule has 0 radical (unpaired) electrons. The number of aromatic amines is 1. The minimum absolute atomic E-state index is 0.00740. The molecule has 202 valence electrons. The number of nitrogens with one attached hydrogen (secondary N) is 1. The average Bonchev–Trinajstić information content (AvgIpc) is 3.21. The second kappa shape index (κ2) is 9.19. The lowest BCUT2D eigenvalue weighted by molar-refractivity contribution is -0.144. The van der Waals surface area contributed by atoms with Crippen molar-refractivity contribution >= 4 is 28.7 Å². The average molecular weight is 539 g/mol. The summed E-state index contributed by atoms with van der Waals surface area (Å²) in [7, 11) is -3.12. The monoisotopic (exact) mass is 538 g/mol. The number of ether oxygens (including phenoxy) is 2. The summed E-state index contributed by atoms with van der Waals surface area (Å²) >= 11 is 0. The van der Waals surface area contributed by atoms with E-state index in [9.17, 15) is 14.4 Å². The van der Waals surface area contributed by atoms with Crippen molar-refractivity contribution in [3.05, 3.63) is 38.2 Å². The third-order valence-corrected chi connectivity index (χ3v) is 17.4. The quantitative estimate of drug-likeness (QED) is 0.431. The number of hydrogen-bond acceptors (Lipinski definition) is 7. The maximum Gasteiger partial charge on any atom is 0.338 e. The van der Waals surface area contributed by atoms with E-state index in [4.69, 9.17) is 18.3 Å². The third kappa shape index (κ3) is 5.00. The molecule has 1 spiro atoms. The number of rotatable bonds is 6. The van der Waals surface area contributed by atoms with Crippen molar-refractivity contribution in [2.75, 3.05) is 13.7 Å². The number of H-pyrrole nitrogens is 1. The Morgan fingerprint density at radius 1 is 1.11 bits per heavy atom. The highest BCUT2D eigenvalue weighted by molar-refractivity contribution is 6.74. The Hall–Kier alpha value is -1.80. The molecule has 3 atom stereocenters. The van der Waals surface area contributed by atoms with Crippen LogP contribution in [-0.4, -0.2) is 58.1 Å². The van der Waals surface area contributed by atoms with Gasteiger partial charge in [0.2, 0.25) is 0 Å². The topological polar surface area (TPSA) is 109 Å². The summed E-state index contributed by atoms with van der Waals surface area (Å²) in [4.78, 5) is 40.3. The van der Waals surface area contributed by atoms with Gasteiger partial charge in [-0.25, -0.2) is 9.59 Å². The number of carbonyl (C=O) groups is 1. The van der Waals surface area contributed by atoms with Gasteiger partial charge in [-0.05, 0) is 42.3 Å². The summed E-state index contributed by atoms with van der Waals surface area (Å²) in [6, 6.07) is 1.28. The van der Waals surface area contributed by atoms with Crippen LogP contribution in [-0.2, 0) is 28.8 Å². The van der Waals surface area contributed by atoms with E-state index < -0.39 is 51.8 Å². The Morgan fingerprint density at radius 3 is 2.22 bits per heavy atom. The van der Waals surface area contributed by atoms with E-state index in [2.05, 4.69) is 72.7 Å². The number of methoxy groups -OCH3 is 1. The second-order valence-electron chi connectivity index (χ2n) is 12.9. The van der Waals surface area contributed by atoms with Gasteiger partial charge < -0.3 is 18.3 Å². The molecule has 1 saturated heterocycles. The molecule has 11 heteroatoms. The number of carbonyl (C=O) groups excluding carboxylic acids is 1. The van der Waals surface area contributed by atoms with E-state index in [-0.39, 0.29) is 28.7 Å². The fourth-order valence-electron chi connectivity index (χ4n) is 4.12. The van der Waals surface area contributed by atoms with Crippen LogP contribution >= 0.6 is 0 Å². The number of fused-ring (bicyclic) bond motifs is 2. The zero-order chi connectivity index (χ0) is 27.5. The Kier molecular flexibility index (Phi) is 7.35. The molecule has 1 fully saturated rings. The Morgan fingerprint density at radius 2 is 1.69 bits per heavy atom. The van der Waals surface area contributed by atoms with E-state index >= 15 is 0 Å². The molecule has 0 saturated carbocycles. The highest BCUT2D eigenvalue weighted by Gasteiger charge is 2.58. The zero-order valence-corrected chi connectivity index (χ0v) is 25.5. The molecule has 0 amide bonds. The summed E-state index contributed by atoms with van der Waals surface area (Å²) in [5.74, 6) is -0.623. The molecule has 1 N–H and O–H groups in total. The zero-order valence-electron chi connectivity index (χ0n) is 23.5. The van der Waals surface area contributed by atoms with Gasteiger partial charge >= 0.3 is 11.7 Å². The van der Waals surface area contributed by atoms with E-state index in [1.807, 2.05) is 0 Å². The molecule has 3 heterocycles. The first-order valence-electron chi connectivity index (χ1n) is 12.4. The van der Waals surface area contributed by atoms with Crippen molar-refractivity contribution < 1.29 is 23.1 Å². The van der Waals surface area contributed by atoms with Crippen LogP contribution in [0.4, 0.5) is 0 Å². The standard InChI is InChI=1S/C25H42N2O7Si2/c1-23(2,3)35(8,9)32-15-19-18(34-36(10,11)24(4,5)6)14-25(33-19)17(21(29)31-7)12-16-13-20(28)26-22(30)27(16)25/h12-13,18-19H,14-15H2,1-11H3,(H,26,28,30)/t18-,19-,25+/m1/s1. The third-order valence-electron chi connectivity index (χ3n) is 8.36. The second-order valence-corrected chi connectivity index (χ2v) is 22.4. The minimum Gasteiger partial charge on any atom is -0.466 e. The maximum atomic E-state index is 13.0. The van der Waals surface area contributed by atoms with E-state index in [0.29, 0.717) is 5.69 Å². The predicted octanol–water partition coefficient (Wildman–Crippen LogP) is 3.96. The summed E-state index contributed by atoms with van der Waals surface area (Å²) in [6.45, 7) is 21.9. The molecule has 0 aromatic carbocycles. The number of esters is 1. The maximum absolute atomic E-state index is 13.0. The predicted molar refractivity (Wildman–Crippen MR) is 144 cm³/mol. The summed E-state index contributed by atoms with van der Waals surface area (Å²) in [6.07, 6.45) is 0.744. The normalized spacial score (nSPS) is 24.7. The van der Waals surface area contributed by atoms with Crippen molar-refractivity contribution in [1.82, 2.24) is 9.55 Å². The molecule has 1 aromatic rings. The molecule has 3 rings (SSSR count). The lowest BCUT2D eigenvalue weighted by Gasteiger charge is -2.40. The SMILES string of the molecule is COC(=O)C1=Cc2cc(=O)[nH]c(=O)n2[C@]12C[C@@H](O[Si](C)(C)C(C)(C)C)[C@@H](CO[Si](C)(C)C(C)(C)C)O2. The first-order valence-corrected chi connectivity index (χ1v) is 18.2. The van der Waals surface area contributed by atoms with Gasteiger partial charge in [0.15, 0.2) is 22.4 Å². The van der Waals surface area contributed by atoms with Gasteiger partial charge in [0.25, 0.3) is 5.56 Å². The molecule has 0 bridgehead atoms. The summed E-state index contributed by atoms with van der Waals surface area (Å²) < 4.78 is 26.4. The van der Waals surface area contributed by atoms with Crippen LogP contribution in [0.1, 0.15) is 53.7 Å². The van der Waals surface area contributed by atoms with Crippen LogP contribution in [0.3, 0.4) is 0 Å². The molecule has 1 aromatic heterocycles. The van der Waals surface area contributed by atoms with Crippen molar-refractivity contribution in [3.63, 3.8) is 0 Å². The van der Waals surface area contributed by atoms with Gasteiger partial charge in [0.1, 0.15) is 6.10 Å². The fraction of sp³-hybridized carbons (Fsp3) is 0.720. The number of nitrogens with zero attached hydrogens (tertiary/aromatic N) is 1.